The molecule has 1 atom stereocenters. The molecule has 0 saturated carbocycles. The molecule has 0 fully saturated rings. The first-order valence-corrected chi connectivity index (χ1v) is 7.47. The fourth-order valence-electron chi connectivity index (χ4n) is 2.31. The number of hydrogen-bond donors (Lipinski definition) is 1. The Morgan fingerprint density at radius 3 is 2.50 bits per heavy atom. The van der Waals surface area contributed by atoms with E-state index in [4.69, 9.17) is 5.73 Å². The summed E-state index contributed by atoms with van der Waals surface area (Å²) in [6, 6.07) is 14.6. The predicted molar refractivity (Wildman–Crippen MR) is 86.4 cm³/mol. The maximum absolute atomic E-state index is 5.95. The average Bonchev–Trinajstić information content (AvgIpc) is 2.42. The molecule has 1 aromatic heterocycles. The maximum Gasteiger partial charge on any atom is 0.0547 e. The van der Waals surface area contributed by atoms with Crippen molar-refractivity contribution in [3.63, 3.8) is 0 Å². The molecule has 1 unspecified atom stereocenters. The van der Waals surface area contributed by atoms with E-state index >= 15 is 0 Å². The van der Waals surface area contributed by atoms with Crippen LogP contribution in [0.1, 0.15) is 23.0 Å². The molecular formula is C16H20BrN3. The minimum atomic E-state index is 0.199. The van der Waals surface area contributed by atoms with Gasteiger partial charge in [0.1, 0.15) is 0 Å². The molecule has 4 heteroatoms. The Hall–Kier alpha value is -1.23. The zero-order valence-electron chi connectivity index (χ0n) is 11.9. The quantitative estimate of drug-likeness (QED) is 0.912. The minimum absolute atomic E-state index is 0.199. The van der Waals surface area contributed by atoms with Crippen molar-refractivity contribution >= 4 is 15.9 Å². The number of pyridine rings is 1. The van der Waals surface area contributed by atoms with Crippen molar-refractivity contribution in [2.75, 3.05) is 13.6 Å². The van der Waals surface area contributed by atoms with E-state index in [1.165, 1.54) is 5.56 Å². The molecule has 20 heavy (non-hydrogen) atoms. The van der Waals surface area contributed by atoms with Gasteiger partial charge in [0.15, 0.2) is 0 Å². The number of likely N-dealkylation sites (N-methyl/N-ethyl adjacent to an activating group) is 1. The highest BCUT2D eigenvalue weighted by Crippen LogP contribution is 2.22. The highest BCUT2D eigenvalue weighted by molar-refractivity contribution is 9.10. The van der Waals surface area contributed by atoms with Gasteiger partial charge in [0.2, 0.25) is 0 Å². The van der Waals surface area contributed by atoms with E-state index in [2.05, 4.69) is 63.2 Å². The molecule has 3 nitrogen and oxygen atoms in total. The Balaban J connectivity index is 2.13. The van der Waals surface area contributed by atoms with Gasteiger partial charge in [0.05, 0.1) is 5.69 Å². The summed E-state index contributed by atoms with van der Waals surface area (Å²) in [7, 11) is 2.09. The van der Waals surface area contributed by atoms with E-state index in [1.54, 1.807) is 0 Å². The van der Waals surface area contributed by atoms with E-state index in [0.29, 0.717) is 6.54 Å². The molecule has 106 valence electrons. The standard InChI is InChI=1S/C16H20BrN3/c1-12-4-3-5-15(19-12)11-20(2)16(10-18)13-6-8-14(17)9-7-13/h3-9,16H,10-11,18H2,1-2H3. The van der Waals surface area contributed by atoms with Gasteiger partial charge in [-0.1, -0.05) is 34.1 Å². The van der Waals surface area contributed by atoms with Crippen molar-refractivity contribution in [3.8, 4) is 0 Å². The summed E-state index contributed by atoms with van der Waals surface area (Å²) in [5, 5.41) is 0. The first-order valence-electron chi connectivity index (χ1n) is 6.68. The van der Waals surface area contributed by atoms with E-state index < -0.39 is 0 Å². The first-order chi connectivity index (χ1) is 9.60. The van der Waals surface area contributed by atoms with Crippen molar-refractivity contribution in [3.05, 3.63) is 63.9 Å². The third-order valence-electron chi connectivity index (χ3n) is 3.37. The average molecular weight is 334 g/mol. The highest BCUT2D eigenvalue weighted by Gasteiger charge is 2.16. The van der Waals surface area contributed by atoms with Gasteiger partial charge < -0.3 is 5.73 Å². The molecule has 2 aromatic rings. The monoisotopic (exact) mass is 333 g/mol. The van der Waals surface area contributed by atoms with Gasteiger partial charge in [-0.25, -0.2) is 0 Å². The Morgan fingerprint density at radius 1 is 1.20 bits per heavy atom. The topological polar surface area (TPSA) is 42.1 Å². The smallest absolute Gasteiger partial charge is 0.0547 e. The molecule has 0 radical (unpaired) electrons. The van der Waals surface area contributed by atoms with Crippen LogP contribution in [0.2, 0.25) is 0 Å². The molecule has 0 aliphatic carbocycles. The van der Waals surface area contributed by atoms with E-state index in [9.17, 15) is 0 Å². The number of hydrogen-bond acceptors (Lipinski definition) is 3. The van der Waals surface area contributed by atoms with Gasteiger partial charge in [-0.2, -0.15) is 0 Å². The Labute approximate surface area is 129 Å². The van der Waals surface area contributed by atoms with Gasteiger partial charge in [-0.3, -0.25) is 9.88 Å². The van der Waals surface area contributed by atoms with Crippen LogP contribution in [-0.4, -0.2) is 23.5 Å². The third-order valence-corrected chi connectivity index (χ3v) is 3.90. The van der Waals surface area contributed by atoms with Crippen LogP contribution in [-0.2, 0) is 6.54 Å². The van der Waals surface area contributed by atoms with Crippen LogP contribution >= 0.6 is 15.9 Å². The number of nitrogens with two attached hydrogens (primary N) is 1. The zero-order chi connectivity index (χ0) is 14.5. The SMILES string of the molecule is Cc1cccc(CN(C)C(CN)c2ccc(Br)cc2)n1. The molecule has 0 spiro atoms. The second-order valence-electron chi connectivity index (χ2n) is 4.99. The van der Waals surface area contributed by atoms with Crippen molar-refractivity contribution in [2.24, 2.45) is 5.73 Å². The molecule has 1 aromatic carbocycles. The predicted octanol–water partition coefficient (Wildman–Crippen LogP) is 3.28. The fraction of sp³-hybridized carbons (Fsp3) is 0.312. The molecule has 0 aliphatic heterocycles. The second kappa shape index (κ2) is 6.97. The van der Waals surface area contributed by atoms with Crippen LogP contribution in [0.25, 0.3) is 0 Å². The molecular weight excluding hydrogens is 314 g/mol. The number of rotatable bonds is 5. The molecule has 2 N–H and O–H groups in total. The zero-order valence-corrected chi connectivity index (χ0v) is 13.5. The van der Waals surface area contributed by atoms with Gasteiger partial charge >= 0.3 is 0 Å². The number of nitrogens with zero attached hydrogens (tertiary/aromatic N) is 2. The maximum atomic E-state index is 5.95. The lowest BCUT2D eigenvalue weighted by molar-refractivity contribution is 0.239. The van der Waals surface area contributed by atoms with E-state index in [0.717, 1.165) is 22.4 Å². The Kier molecular flexibility index (Phi) is 5.29. The minimum Gasteiger partial charge on any atom is -0.329 e. The lowest BCUT2D eigenvalue weighted by Gasteiger charge is -2.27. The van der Waals surface area contributed by atoms with Crippen molar-refractivity contribution in [1.29, 1.82) is 0 Å². The first kappa shape index (κ1) is 15.2. The summed E-state index contributed by atoms with van der Waals surface area (Å²) in [6.07, 6.45) is 0. The van der Waals surface area contributed by atoms with Crippen LogP contribution in [0, 0.1) is 6.92 Å². The molecule has 1 heterocycles. The number of halogens is 1. The number of aryl methyl sites for hydroxylation is 1. The van der Waals surface area contributed by atoms with Crippen LogP contribution in [0.5, 0.6) is 0 Å². The number of aromatic nitrogens is 1. The number of benzene rings is 1. The normalized spacial score (nSPS) is 12.7. The summed E-state index contributed by atoms with van der Waals surface area (Å²) in [5.74, 6) is 0. The highest BCUT2D eigenvalue weighted by atomic mass is 79.9. The molecule has 0 amide bonds. The molecule has 2 rings (SSSR count). The van der Waals surface area contributed by atoms with Gasteiger partial charge in [-0.15, -0.1) is 0 Å². The van der Waals surface area contributed by atoms with Gasteiger partial charge in [0, 0.05) is 29.3 Å². The largest absolute Gasteiger partial charge is 0.329 e. The van der Waals surface area contributed by atoms with E-state index in [1.807, 2.05) is 19.1 Å². The van der Waals surface area contributed by atoms with Crippen molar-refractivity contribution in [1.82, 2.24) is 9.88 Å². The summed E-state index contributed by atoms with van der Waals surface area (Å²) in [5.41, 5.74) is 9.30. The van der Waals surface area contributed by atoms with Crippen molar-refractivity contribution in [2.45, 2.75) is 19.5 Å². The van der Waals surface area contributed by atoms with Crippen molar-refractivity contribution < 1.29 is 0 Å². The third kappa shape index (κ3) is 3.88. The van der Waals surface area contributed by atoms with Crippen LogP contribution in [0.4, 0.5) is 0 Å². The summed E-state index contributed by atoms with van der Waals surface area (Å²) in [4.78, 5) is 6.79. The Bertz CT molecular complexity index is 554. The molecule has 0 saturated heterocycles. The summed E-state index contributed by atoms with van der Waals surface area (Å²) < 4.78 is 1.08. The van der Waals surface area contributed by atoms with Crippen LogP contribution < -0.4 is 5.73 Å². The molecule has 0 aliphatic rings. The second-order valence-corrected chi connectivity index (χ2v) is 5.90. The summed E-state index contributed by atoms with van der Waals surface area (Å²) in [6.45, 7) is 3.39. The van der Waals surface area contributed by atoms with E-state index in [-0.39, 0.29) is 6.04 Å². The lowest BCUT2D eigenvalue weighted by Crippen LogP contribution is -2.30. The summed E-state index contributed by atoms with van der Waals surface area (Å²) >= 11 is 3.46. The lowest BCUT2D eigenvalue weighted by atomic mass is 10.1. The van der Waals surface area contributed by atoms with Gasteiger partial charge in [-0.05, 0) is 43.8 Å². The Morgan fingerprint density at radius 2 is 1.90 bits per heavy atom. The molecule has 0 bridgehead atoms. The van der Waals surface area contributed by atoms with Crippen LogP contribution in [0.3, 0.4) is 0 Å². The van der Waals surface area contributed by atoms with Gasteiger partial charge in [0.25, 0.3) is 0 Å². The fourth-order valence-corrected chi connectivity index (χ4v) is 2.57. The van der Waals surface area contributed by atoms with Crippen LogP contribution in [0.15, 0.2) is 46.9 Å².